The predicted molar refractivity (Wildman–Crippen MR) is 51.2 cm³/mol. The van der Waals surface area contributed by atoms with E-state index in [0.29, 0.717) is 0 Å². The van der Waals surface area contributed by atoms with Crippen LogP contribution in [0.15, 0.2) is 42.6 Å². The first-order valence-corrected chi connectivity index (χ1v) is 8.60. The van der Waals surface area contributed by atoms with Gasteiger partial charge in [-0.15, -0.1) is 0 Å². The van der Waals surface area contributed by atoms with Gasteiger partial charge < -0.3 is 0 Å². The molecule has 2 aliphatic heterocycles. The summed E-state index contributed by atoms with van der Waals surface area (Å²) in [5, 5.41) is 0. The zero-order valence-corrected chi connectivity index (χ0v) is 9.46. The summed E-state index contributed by atoms with van der Waals surface area (Å²) in [6, 6.07) is 0. The van der Waals surface area contributed by atoms with Crippen LogP contribution in [0.2, 0.25) is 0 Å². The molecule has 0 aromatic carbocycles. The molecule has 10 heavy (non-hydrogen) atoms. The second kappa shape index (κ2) is 2.94. The van der Waals surface area contributed by atoms with Gasteiger partial charge in [0.2, 0.25) is 0 Å². The average molecular weight is 264 g/mol. The summed E-state index contributed by atoms with van der Waals surface area (Å²) in [5.41, 5.74) is 0. The molecule has 0 amide bonds. The van der Waals surface area contributed by atoms with Crippen molar-refractivity contribution in [1.82, 2.24) is 0 Å². The second-order valence-corrected chi connectivity index (χ2v) is 10.5. The Balaban J connectivity index is 2.14. The summed E-state index contributed by atoms with van der Waals surface area (Å²) in [7, 11) is 0. The van der Waals surface area contributed by atoms with Gasteiger partial charge in [-0.3, -0.25) is 0 Å². The SMILES string of the molecule is C1=C[SeH2]C([SeH]2C=CC=C2)=C1. The monoisotopic (exact) mass is 266 g/mol. The van der Waals surface area contributed by atoms with E-state index in [-0.39, 0.29) is 15.0 Å². The first kappa shape index (κ1) is 6.69. The van der Waals surface area contributed by atoms with Gasteiger partial charge in [0.15, 0.2) is 0 Å². The van der Waals surface area contributed by atoms with E-state index < -0.39 is 13.9 Å². The number of rotatable bonds is 1. The van der Waals surface area contributed by atoms with Crippen LogP contribution in [0.3, 0.4) is 0 Å². The summed E-state index contributed by atoms with van der Waals surface area (Å²) in [5.74, 6) is 0. The molecule has 0 unspecified atom stereocenters. The van der Waals surface area contributed by atoms with Crippen LogP contribution in [0, 0.1) is 0 Å². The Morgan fingerprint density at radius 3 is 2.50 bits per heavy atom. The predicted octanol–water partition coefficient (Wildman–Crippen LogP) is 0.537. The molecule has 0 bridgehead atoms. The third kappa shape index (κ3) is 1.21. The van der Waals surface area contributed by atoms with Gasteiger partial charge in [0.05, 0.1) is 0 Å². The number of hydrogen-bond acceptors (Lipinski definition) is 0. The molecule has 0 atom stereocenters. The molecule has 0 fully saturated rings. The Bertz CT molecular complexity index is 234. The van der Waals surface area contributed by atoms with Gasteiger partial charge in [-0.05, 0) is 0 Å². The van der Waals surface area contributed by atoms with Gasteiger partial charge in [-0.2, -0.15) is 0 Å². The molecule has 0 aromatic heterocycles. The Labute approximate surface area is 71.4 Å². The van der Waals surface area contributed by atoms with Crippen LogP contribution in [0.1, 0.15) is 0 Å². The van der Waals surface area contributed by atoms with Gasteiger partial charge in [0.1, 0.15) is 0 Å². The molecule has 0 spiro atoms. The molecule has 0 aliphatic carbocycles. The van der Waals surface area contributed by atoms with Crippen molar-refractivity contribution in [2.75, 3.05) is 0 Å². The Hall–Kier alpha value is -0.00104. The van der Waals surface area contributed by atoms with E-state index in [1.807, 2.05) is 0 Å². The third-order valence-corrected chi connectivity index (χ3v) is 11.0. The van der Waals surface area contributed by atoms with Gasteiger partial charge in [-0.25, -0.2) is 0 Å². The van der Waals surface area contributed by atoms with E-state index in [1.54, 1.807) is 3.37 Å². The molecule has 0 saturated carbocycles. The number of allylic oxidation sites excluding steroid dienone is 4. The second-order valence-electron chi connectivity index (χ2n) is 2.15. The molecule has 2 heterocycles. The molecule has 0 aromatic rings. The zero-order chi connectivity index (χ0) is 6.81. The van der Waals surface area contributed by atoms with Crippen LogP contribution in [-0.2, 0) is 0 Å². The summed E-state index contributed by atoms with van der Waals surface area (Å²) >= 11 is -0.521. The van der Waals surface area contributed by atoms with Crippen LogP contribution >= 0.6 is 0 Å². The first-order chi connectivity index (χ1) is 4.97. The summed E-state index contributed by atoms with van der Waals surface area (Å²) in [6.07, 6.45) is 8.96. The average Bonchev–Trinajstić information content (AvgIpc) is 2.59. The van der Waals surface area contributed by atoms with E-state index in [9.17, 15) is 0 Å². The summed E-state index contributed by atoms with van der Waals surface area (Å²) < 4.78 is 1.79. The fourth-order valence-corrected chi connectivity index (χ4v) is 9.14. The fraction of sp³-hybridized carbons (Fsp3) is 0. The van der Waals surface area contributed by atoms with Crippen molar-refractivity contribution < 1.29 is 0 Å². The number of hydrogen-bond donors (Lipinski definition) is 0. The zero-order valence-electron chi connectivity index (χ0n) is 5.49. The molecule has 0 N–H and O–H groups in total. The van der Waals surface area contributed by atoms with Gasteiger partial charge >= 0.3 is 71.5 Å². The third-order valence-electron chi connectivity index (χ3n) is 1.46. The van der Waals surface area contributed by atoms with Crippen LogP contribution in [0.25, 0.3) is 0 Å². The Kier molecular flexibility index (Phi) is 1.97. The molecular formula is C8H10Se2. The van der Waals surface area contributed by atoms with Crippen molar-refractivity contribution in [3.63, 3.8) is 0 Å². The van der Waals surface area contributed by atoms with E-state index in [1.165, 1.54) is 0 Å². The fourth-order valence-electron chi connectivity index (χ4n) is 0.977. The molecule has 2 aliphatic rings. The Morgan fingerprint density at radius 2 is 1.90 bits per heavy atom. The molecule has 54 valence electrons. The molecule has 0 radical (unpaired) electrons. The first-order valence-electron chi connectivity index (χ1n) is 3.23. The Morgan fingerprint density at radius 1 is 1.10 bits per heavy atom. The maximum atomic E-state index is 2.41. The van der Waals surface area contributed by atoms with Gasteiger partial charge in [-0.1, -0.05) is 0 Å². The van der Waals surface area contributed by atoms with E-state index >= 15 is 0 Å². The molecular weight excluding hydrogens is 254 g/mol. The van der Waals surface area contributed by atoms with Crippen molar-refractivity contribution in [2.24, 2.45) is 0 Å². The topological polar surface area (TPSA) is 0 Å². The summed E-state index contributed by atoms with van der Waals surface area (Å²) in [6.45, 7) is 0. The standard InChI is InChI=1S/C8H10Se2/c1-2-7-10(6-1)8-4-3-5-9-8/h1-7,10H,9H2. The normalized spacial score (nSPS) is 28.4. The minimum atomic E-state index is -0.705. The molecule has 0 nitrogen and oxygen atoms in total. The van der Waals surface area contributed by atoms with Crippen LogP contribution < -0.4 is 0 Å². The van der Waals surface area contributed by atoms with Crippen molar-refractivity contribution in [1.29, 1.82) is 0 Å². The van der Waals surface area contributed by atoms with Crippen molar-refractivity contribution in [3.05, 3.63) is 42.6 Å². The maximum absolute atomic E-state index is 2.41. The van der Waals surface area contributed by atoms with Gasteiger partial charge in [0.25, 0.3) is 0 Å². The summed E-state index contributed by atoms with van der Waals surface area (Å²) in [4.78, 5) is 7.19. The van der Waals surface area contributed by atoms with Gasteiger partial charge in [0, 0.05) is 0 Å². The van der Waals surface area contributed by atoms with Crippen LogP contribution in [0.5, 0.6) is 0 Å². The van der Waals surface area contributed by atoms with E-state index in [0.717, 1.165) is 0 Å². The van der Waals surface area contributed by atoms with Crippen molar-refractivity contribution >= 4 is 28.9 Å². The van der Waals surface area contributed by atoms with Crippen molar-refractivity contribution in [3.8, 4) is 0 Å². The quantitative estimate of drug-likeness (QED) is 0.606. The van der Waals surface area contributed by atoms with Crippen molar-refractivity contribution in [2.45, 2.75) is 0 Å². The van der Waals surface area contributed by atoms with Crippen LogP contribution in [0.4, 0.5) is 0 Å². The minimum absolute atomic E-state index is 0.184. The molecule has 2 rings (SSSR count). The molecule has 2 heteroatoms. The van der Waals surface area contributed by atoms with E-state index in [2.05, 4.69) is 39.2 Å². The van der Waals surface area contributed by atoms with E-state index in [4.69, 9.17) is 0 Å². The van der Waals surface area contributed by atoms with Crippen LogP contribution in [-0.4, -0.2) is 28.9 Å². The molecule has 0 saturated heterocycles.